The monoisotopic (exact) mass is 464 g/mol. The summed E-state index contributed by atoms with van der Waals surface area (Å²) in [5.74, 6) is -3.76. The predicted molar refractivity (Wildman–Crippen MR) is 120 cm³/mol. The molecule has 3 aromatic carbocycles. The van der Waals surface area contributed by atoms with Gasteiger partial charge in [-0.2, -0.15) is 0 Å². The van der Waals surface area contributed by atoms with Crippen LogP contribution in [0.15, 0.2) is 84.4 Å². The van der Waals surface area contributed by atoms with Crippen LogP contribution in [0.25, 0.3) is 0 Å². The van der Waals surface area contributed by atoms with Gasteiger partial charge in [0.05, 0.1) is 5.69 Å². The Bertz CT molecular complexity index is 1310. The molecule has 164 valence electrons. The van der Waals surface area contributed by atoms with E-state index >= 15 is 0 Å². The number of nitrogens with one attached hydrogen (secondary N) is 1. The molecule has 0 aromatic heterocycles. The van der Waals surface area contributed by atoms with Gasteiger partial charge >= 0.3 is 0 Å². The van der Waals surface area contributed by atoms with E-state index in [1.807, 2.05) is 18.2 Å². The molecule has 0 atom stereocenters. The lowest BCUT2D eigenvalue weighted by Crippen LogP contribution is -2.54. The third kappa shape index (κ3) is 4.68. The van der Waals surface area contributed by atoms with Crippen molar-refractivity contribution in [2.75, 3.05) is 4.90 Å². The van der Waals surface area contributed by atoms with Crippen molar-refractivity contribution in [1.82, 2.24) is 5.32 Å². The number of hydrogen-bond donors (Lipinski definition) is 1. The molecular formula is C24H14F2N2O4S. The summed E-state index contributed by atoms with van der Waals surface area (Å²) in [6.07, 6.45) is 0.770. The van der Waals surface area contributed by atoms with Crippen LogP contribution in [0.1, 0.15) is 10.4 Å². The zero-order valence-corrected chi connectivity index (χ0v) is 17.6. The van der Waals surface area contributed by atoms with Crippen molar-refractivity contribution in [2.24, 2.45) is 0 Å². The molecular weight excluding hydrogens is 450 g/mol. The lowest BCUT2D eigenvalue weighted by molar-refractivity contribution is -0.122. The minimum atomic E-state index is -1.22. The molecule has 1 aliphatic rings. The summed E-state index contributed by atoms with van der Waals surface area (Å²) in [6, 6.07) is 18.0. The SMILES string of the molecule is O=C1NC(=S)N(c2ccc(Oc3ccccc3)cc2)C(=O)C1=CC(=O)c1ccc(F)c(F)c1. The number of para-hydroxylation sites is 1. The van der Waals surface area contributed by atoms with Crippen molar-refractivity contribution < 1.29 is 27.9 Å². The van der Waals surface area contributed by atoms with Gasteiger partial charge in [0, 0.05) is 11.6 Å². The molecule has 0 bridgehead atoms. The predicted octanol–water partition coefficient (Wildman–Crippen LogP) is 4.31. The Morgan fingerprint density at radius 1 is 0.909 bits per heavy atom. The number of nitrogens with zero attached hydrogens (tertiary/aromatic N) is 1. The van der Waals surface area contributed by atoms with Crippen LogP contribution in [0.3, 0.4) is 0 Å². The van der Waals surface area contributed by atoms with Crippen molar-refractivity contribution >= 4 is 40.6 Å². The van der Waals surface area contributed by atoms with Gasteiger partial charge < -0.3 is 4.74 Å². The van der Waals surface area contributed by atoms with Crippen LogP contribution >= 0.6 is 12.2 Å². The lowest BCUT2D eigenvalue weighted by Gasteiger charge is -2.28. The van der Waals surface area contributed by atoms with Crippen LogP contribution in [-0.2, 0) is 9.59 Å². The van der Waals surface area contributed by atoms with Crippen molar-refractivity contribution in [3.05, 3.63) is 102 Å². The standard InChI is InChI=1S/C24H14F2N2O4S/c25-19-11-6-14(12-20(19)26)21(29)13-18-22(30)27-24(33)28(23(18)31)15-7-9-17(10-8-15)32-16-4-2-1-3-5-16/h1-13H,(H,27,30,33). The summed E-state index contributed by atoms with van der Waals surface area (Å²) >= 11 is 5.13. The normalized spacial score (nSPS) is 14.9. The second-order valence-electron chi connectivity index (χ2n) is 6.86. The average molecular weight is 464 g/mol. The number of carbonyl (C=O) groups is 3. The van der Waals surface area contributed by atoms with Crippen molar-refractivity contribution in [3.8, 4) is 11.5 Å². The van der Waals surface area contributed by atoms with Crippen molar-refractivity contribution in [2.45, 2.75) is 0 Å². The number of carbonyl (C=O) groups excluding carboxylic acids is 3. The molecule has 0 spiro atoms. The molecule has 0 saturated carbocycles. The van der Waals surface area contributed by atoms with Gasteiger partial charge in [0.2, 0.25) is 0 Å². The average Bonchev–Trinajstić information content (AvgIpc) is 2.80. The molecule has 9 heteroatoms. The number of allylic oxidation sites excluding steroid dienone is 1. The third-order valence-corrected chi connectivity index (χ3v) is 4.94. The number of benzene rings is 3. The van der Waals surface area contributed by atoms with Gasteiger partial charge in [0.25, 0.3) is 11.8 Å². The Hall–Kier alpha value is -4.24. The van der Waals surface area contributed by atoms with E-state index in [1.54, 1.807) is 36.4 Å². The first-order chi connectivity index (χ1) is 15.8. The lowest BCUT2D eigenvalue weighted by atomic mass is 10.0. The molecule has 1 fully saturated rings. The highest BCUT2D eigenvalue weighted by molar-refractivity contribution is 7.80. The summed E-state index contributed by atoms with van der Waals surface area (Å²) in [6.45, 7) is 0. The highest BCUT2D eigenvalue weighted by Crippen LogP contribution is 2.26. The number of ketones is 1. The van der Waals surface area contributed by atoms with Gasteiger partial charge in [-0.15, -0.1) is 0 Å². The van der Waals surface area contributed by atoms with Gasteiger partial charge in [0.15, 0.2) is 22.5 Å². The number of anilines is 1. The van der Waals surface area contributed by atoms with Crippen LogP contribution in [0.5, 0.6) is 11.5 Å². The fourth-order valence-electron chi connectivity index (χ4n) is 3.04. The molecule has 0 aliphatic carbocycles. The largest absolute Gasteiger partial charge is 0.457 e. The van der Waals surface area contributed by atoms with Crippen LogP contribution in [-0.4, -0.2) is 22.7 Å². The van der Waals surface area contributed by atoms with E-state index < -0.39 is 34.8 Å². The molecule has 4 rings (SSSR count). The van der Waals surface area contributed by atoms with Gasteiger partial charge in [0.1, 0.15) is 17.1 Å². The van der Waals surface area contributed by atoms with E-state index in [0.29, 0.717) is 23.3 Å². The maximum atomic E-state index is 13.4. The van der Waals surface area contributed by atoms with Crippen LogP contribution in [0.2, 0.25) is 0 Å². The highest BCUT2D eigenvalue weighted by Gasteiger charge is 2.35. The topological polar surface area (TPSA) is 75.7 Å². The number of hydrogen-bond acceptors (Lipinski definition) is 5. The van der Waals surface area contributed by atoms with Crippen LogP contribution < -0.4 is 15.0 Å². The van der Waals surface area contributed by atoms with E-state index in [4.69, 9.17) is 17.0 Å². The molecule has 1 aliphatic heterocycles. The first-order valence-electron chi connectivity index (χ1n) is 9.57. The second-order valence-corrected chi connectivity index (χ2v) is 7.25. The smallest absolute Gasteiger partial charge is 0.270 e. The molecule has 0 radical (unpaired) electrons. The summed E-state index contributed by atoms with van der Waals surface area (Å²) in [5, 5.41) is 2.18. The van der Waals surface area contributed by atoms with E-state index in [0.717, 1.165) is 23.1 Å². The summed E-state index contributed by atoms with van der Waals surface area (Å²) in [7, 11) is 0. The first kappa shape index (κ1) is 22.0. The Morgan fingerprint density at radius 3 is 2.24 bits per heavy atom. The van der Waals surface area contributed by atoms with Gasteiger partial charge in [-0.05, 0) is 66.8 Å². The highest BCUT2D eigenvalue weighted by atomic mass is 32.1. The van der Waals surface area contributed by atoms with Crippen molar-refractivity contribution in [1.29, 1.82) is 0 Å². The quantitative estimate of drug-likeness (QED) is 0.264. The number of ether oxygens (including phenoxy) is 1. The first-order valence-corrected chi connectivity index (χ1v) is 9.98. The Labute approximate surface area is 192 Å². The molecule has 1 saturated heterocycles. The summed E-state index contributed by atoms with van der Waals surface area (Å²) in [5.41, 5.74) is -0.386. The van der Waals surface area contributed by atoms with Crippen LogP contribution in [0.4, 0.5) is 14.5 Å². The Morgan fingerprint density at radius 2 is 1.58 bits per heavy atom. The minimum Gasteiger partial charge on any atom is -0.457 e. The maximum Gasteiger partial charge on any atom is 0.270 e. The molecule has 6 nitrogen and oxygen atoms in total. The fraction of sp³-hybridized carbons (Fsp3) is 0. The van der Waals surface area contributed by atoms with Crippen LogP contribution in [0, 0.1) is 11.6 Å². The number of amides is 2. The van der Waals surface area contributed by atoms with E-state index in [2.05, 4.69) is 5.32 Å². The molecule has 33 heavy (non-hydrogen) atoms. The minimum absolute atomic E-state index is 0.167. The zero-order valence-electron chi connectivity index (χ0n) is 16.7. The number of rotatable bonds is 5. The fourth-order valence-corrected chi connectivity index (χ4v) is 3.32. The molecule has 3 aromatic rings. The van der Waals surface area contributed by atoms with E-state index in [1.165, 1.54) is 0 Å². The van der Waals surface area contributed by atoms with Gasteiger partial charge in [-0.3, -0.25) is 24.6 Å². The maximum absolute atomic E-state index is 13.4. The zero-order chi connectivity index (χ0) is 23.5. The van der Waals surface area contributed by atoms with E-state index in [9.17, 15) is 23.2 Å². The summed E-state index contributed by atoms with van der Waals surface area (Å²) < 4.78 is 32.3. The third-order valence-electron chi connectivity index (χ3n) is 4.66. The van der Waals surface area contributed by atoms with Gasteiger partial charge in [-0.1, -0.05) is 18.2 Å². The summed E-state index contributed by atoms with van der Waals surface area (Å²) in [4.78, 5) is 38.8. The Balaban J connectivity index is 1.59. The molecule has 2 amide bonds. The van der Waals surface area contributed by atoms with Gasteiger partial charge in [-0.25, -0.2) is 8.78 Å². The van der Waals surface area contributed by atoms with Crippen molar-refractivity contribution in [3.63, 3.8) is 0 Å². The molecule has 0 unspecified atom stereocenters. The molecule has 1 N–H and O–H groups in total. The second kappa shape index (κ2) is 9.09. The Kier molecular flexibility index (Phi) is 6.05. The number of thiocarbonyl (C=S) groups is 1. The number of halogens is 2. The molecule has 1 heterocycles. The van der Waals surface area contributed by atoms with E-state index in [-0.39, 0.29) is 10.7 Å².